The molecule has 1 fully saturated rings. The molecule has 1 aliphatic rings. The zero-order valence-corrected chi connectivity index (χ0v) is 15.0. The zero-order valence-electron chi connectivity index (χ0n) is 15.0. The highest BCUT2D eigenvalue weighted by atomic mass is 16.2. The van der Waals surface area contributed by atoms with Crippen molar-refractivity contribution in [1.82, 2.24) is 20.4 Å². The van der Waals surface area contributed by atoms with Crippen LogP contribution >= 0.6 is 0 Å². The molecule has 0 aromatic rings. The van der Waals surface area contributed by atoms with Crippen molar-refractivity contribution in [3.63, 3.8) is 0 Å². The molecule has 1 unspecified atom stereocenters. The van der Waals surface area contributed by atoms with Gasteiger partial charge in [-0.2, -0.15) is 5.26 Å². The zero-order chi connectivity index (χ0) is 18.2. The highest BCUT2D eigenvalue weighted by Crippen LogP contribution is 2.15. The Morgan fingerprint density at radius 1 is 1.21 bits per heavy atom. The minimum atomic E-state index is -0.845. The van der Waals surface area contributed by atoms with Crippen LogP contribution in [0.3, 0.4) is 0 Å². The van der Waals surface area contributed by atoms with Gasteiger partial charge in [-0.05, 0) is 12.8 Å². The van der Waals surface area contributed by atoms with Gasteiger partial charge in [0.25, 0.3) is 0 Å². The molecule has 0 bridgehead atoms. The van der Waals surface area contributed by atoms with Crippen molar-refractivity contribution in [2.24, 2.45) is 5.92 Å². The van der Waals surface area contributed by atoms with Crippen LogP contribution in [0.1, 0.15) is 20.8 Å². The number of hydrogen-bond acceptors (Lipinski definition) is 5. The maximum absolute atomic E-state index is 12.2. The molecule has 0 aromatic heterocycles. The number of nitriles is 1. The number of nitrogens with zero attached hydrogens (tertiary/aromatic N) is 3. The van der Waals surface area contributed by atoms with Gasteiger partial charge in [-0.25, -0.2) is 0 Å². The third-order valence-corrected chi connectivity index (χ3v) is 4.43. The van der Waals surface area contributed by atoms with Gasteiger partial charge in [0.05, 0.1) is 19.2 Å². The average molecular weight is 335 g/mol. The molecule has 134 valence electrons. The summed E-state index contributed by atoms with van der Waals surface area (Å²) in [5.41, 5.74) is -0.845. The Labute approximate surface area is 144 Å². The van der Waals surface area contributed by atoms with Crippen molar-refractivity contribution in [2.45, 2.75) is 26.3 Å². The molecule has 7 heteroatoms. The summed E-state index contributed by atoms with van der Waals surface area (Å²) in [6.45, 7) is 13.2. The highest BCUT2D eigenvalue weighted by Gasteiger charge is 2.30. The van der Waals surface area contributed by atoms with Crippen molar-refractivity contribution in [2.75, 3.05) is 45.8 Å². The van der Waals surface area contributed by atoms with E-state index in [1.54, 1.807) is 13.0 Å². The van der Waals surface area contributed by atoms with E-state index in [1.165, 1.54) is 0 Å². The number of rotatable bonds is 8. The van der Waals surface area contributed by atoms with Gasteiger partial charge in [0.1, 0.15) is 5.54 Å². The topological polar surface area (TPSA) is 88.5 Å². The first-order chi connectivity index (χ1) is 11.3. The minimum absolute atomic E-state index is 0.0113. The number of piperazine rings is 1. The van der Waals surface area contributed by atoms with E-state index in [-0.39, 0.29) is 24.3 Å². The van der Waals surface area contributed by atoms with Gasteiger partial charge in [-0.15, -0.1) is 6.58 Å². The average Bonchev–Trinajstić information content (AvgIpc) is 2.54. The fraction of sp³-hybridized carbons (Fsp3) is 0.706. The Morgan fingerprint density at radius 2 is 1.71 bits per heavy atom. The molecule has 2 N–H and O–H groups in total. The predicted octanol–water partition coefficient (Wildman–Crippen LogP) is -0.0393. The monoisotopic (exact) mass is 335 g/mol. The van der Waals surface area contributed by atoms with Crippen LogP contribution in [0.25, 0.3) is 0 Å². The summed E-state index contributed by atoms with van der Waals surface area (Å²) in [5.74, 6) is -0.106. The van der Waals surface area contributed by atoms with Gasteiger partial charge in [-0.3, -0.25) is 19.4 Å². The molecule has 2 amide bonds. The smallest absolute Gasteiger partial charge is 0.235 e. The summed E-state index contributed by atoms with van der Waals surface area (Å²) in [6.07, 6.45) is 1.65. The standard InChI is InChI=1S/C17H29N5O2/c1-5-6-19-15(23)11-21-7-9-22(10-8-21)12-16(24)20-17(4,13-18)14(2)3/h5,14H,1,6-12H2,2-4H3,(H,19,23)(H,20,24). The third kappa shape index (κ3) is 6.30. The van der Waals surface area contributed by atoms with E-state index in [0.717, 1.165) is 26.2 Å². The van der Waals surface area contributed by atoms with E-state index in [0.29, 0.717) is 13.1 Å². The van der Waals surface area contributed by atoms with Crippen LogP contribution in [0.15, 0.2) is 12.7 Å². The fourth-order valence-electron chi connectivity index (χ4n) is 2.38. The normalized spacial score (nSPS) is 18.5. The van der Waals surface area contributed by atoms with Gasteiger partial charge < -0.3 is 10.6 Å². The Bertz CT molecular complexity index is 492. The summed E-state index contributed by atoms with van der Waals surface area (Å²) in [4.78, 5) is 28.0. The molecule has 0 radical (unpaired) electrons. The number of carbonyl (C=O) groups is 2. The van der Waals surface area contributed by atoms with Gasteiger partial charge in [-0.1, -0.05) is 19.9 Å². The van der Waals surface area contributed by atoms with Crippen molar-refractivity contribution in [1.29, 1.82) is 5.26 Å². The lowest BCUT2D eigenvalue weighted by atomic mass is 9.90. The Hall–Kier alpha value is -1.91. The molecular weight excluding hydrogens is 306 g/mol. The van der Waals surface area contributed by atoms with Crippen LogP contribution in [0.5, 0.6) is 0 Å². The van der Waals surface area contributed by atoms with Crippen molar-refractivity contribution < 1.29 is 9.59 Å². The molecule has 0 aromatic carbocycles. The van der Waals surface area contributed by atoms with Crippen LogP contribution in [-0.4, -0.2) is 73.0 Å². The quantitative estimate of drug-likeness (QED) is 0.608. The first-order valence-corrected chi connectivity index (χ1v) is 8.35. The number of amides is 2. The Balaban J connectivity index is 2.35. The van der Waals surface area contributed by atoms with E-state index >= 15 is 0 Å². The number of carbonyl (C=O) groups excluding carboxylic acids is 2. The molecule has 0 saturated carbocycles. The Kier molecular flexibility index (Phi) is 7.89. The third-order valence-electron chi connectivity index (χ3n) is 4.43. The van der Waals surface area contributed by atoms with E-state index in [2.05, 4.69) is 28.2 Å². The van der Waals surface area contributed by atoms with Crippen molar-refractivity contribution in [3.05, 3.63) is 12.7 Å². The van der Waals surface area contributed by atoms with Gasteiger partial charge in [0.2, 0.25) is 11.8 Å². The molecule has 0 aliphatic carbocycles. The second-order valence-electron chi connectivity index (χ2n) is 6.66. The van der Waals surface area contributed by atoms with E-state index in [1.807, 2.05) is 18.7 Å². The highest BCUT2D eigenvalue weighted by molar-refractivity contribution is 5.79. The molecular formula is C17H29N5O2. The van der Waals surface area contributed by atoms with Crippen molar-refractivity contribution in [3.8, 4) is 6.07 Å². The summed E-state index contributed by atoms with van der Waals surface area (Å²) in [5, 5.41) is 14.8. The largest absolute Gasteiger partial charge is 0.352 e. The Morgan fingerprint density at radius 3 is 2.12 bits per heavy atom. The molecule has 7 nitrogen and oxygen atoms in total. The predicted molar refractivity (Wildman–Crippen MR) is 93.1 cm³/mol. The molecule has 0 spiro atoms. The summed E-state index contributed by atoms with van der Waals surface area (Å²) in [6, 6.07) is 2.18. The minimum Gasteiger partial charge on any atom is -0.352 e. The van der Waals surface area contributed by atoms with Gasteiger partial charge in [0.15, 0.2) is 0 Å². The lowest BCUT2D eigenvalue weighted by Crippen LogP contribution is -2.55. The number of hydrogen-bond donors (Lipinski definition) is 2. The lowest BCUT2D eigenvalue weighted by Gasteiger charge is -2.35. The van der Waals surface area contributed by atoms with Crippen LogP contribution in [0.2, 0.25) is 0 Å². The first kappa shape index (κ1) is 20.1. The molecule has 1 saturated heterocycles. The molecule has 1 heterocycles. The van der Waals surface area contributed by atoms with Crippen LogP contribution in [0.4, 0.5) is 0 Å². The SMILES string of the molecule is C=CCNC(=O)CN1CCN(CC(=O)NC(C)(C#N)C(C)C)CC1. The molecule has 24 heavy (non-hydrogen) atoms. The molecule has 1 rings (SSSR count). The molecule has 1 atom stereocenters. The van der Waals surface area contributed by atoms with Crippen LogP contribution in [0, 0.1) is 17.2 Å². The second-order valence-corrected chi connectivity index (χ2v) is 6.66. The van der Waals surface area contributed by atoms with Crippen LogP contribution < -0.4 is 10.6 Å². The van der Waals surface area contributed by atoms with E-state index < -0.39 is 5.54 Å². The summed E-state index contributed by atoms with van der Waals surface area (Å²) in [7, 11) is 0. The van der Waals surface area contributed by atoms with E-state index in [9.17, 15) is 14.9 Å². The first-order valence-electron chi connectivity index (χ1n) is 8.35. The summed E-state index contributed by atoms with van der Waals surface area (Å²) >= 11 is 0. The number of nitrogens with one attached hydrogen (secondary N) is 2. The molecule has 1 aliphatic heterocycles. The second kappa shape index (κ2) is 9.40. The van der Waals surface area contributed by atoms with Gasteiger partial charge in [0, 0.05) is 32.7 Å². The van der Waals surface area contributed by atoms with Crippen molar-refractivity contribution >= 4 is 11.8 Å². The lowest BCUT2D eigenvalue weighted by molar-refractivity contribution is -0.125. The maximum atomic E-state index is 12.2. The van der Waals surface area contributed by atoms with Gasteiger partial charge >= 0.3 is 0 Å². The van der Waals surface area contributed by atoms with E-state index in [4.69, 9.17) is 0 Å². The summed E-state index contributed by atoms with van der Waals surface area (Å²) < 4.78 is 0. The fourth-order valence-corrected chi connectivity index (χ4v) is 2.38. The maximum Gasteiger partial charge on any atom is 0.235 e. The van der Waals surface area contributed by atoms with Crippen LogP contribution in [-0.2, 0) is 9.59 Å².